The van der Waals surface area contributed by atoms with Crippen LogP contribution in [0.15, 0.2) is 46.9 Å². The fourth-order valence-electron chi connectivity index (χ4n) is 1.50. The number of amides is 1. The molecule has 0 saturated carbocycles. The number of rotatable bonds is 3. The number of nitrogens with two attached hydrogens (primary N) is 1. The van der Waals surface area contributed by atoms with Gasteiger partial charge >= 0.3 is 0 Å². The molecule has 2 aromatic carbocycles. The first kappa shape index (κ1) is 12.6. The lowest BCUT2D eigenvalue weighted by Crippen LogP contribution is -2.10. The van der Waals surface area contributed by atoms with Gasteiger partial charge in [0, 0.05) is 5.56 Å². The fourth-order valence-corrected chi connectivity index (χ4v) is 2.08. The maximum atomic E-state index is 10.9. The smallest absolute Gasteiger partial charge is 0.248 e. The number of hydrogen-bond donors (Lipinski definition) is 1. The van der Waals surface area contributed by atoms with Crippen molar-refractivity contribution >= 4 is 21.8 Å². The maximum Gasteiger partial charge on any atom is 0.248 e. The van der Waals surface area contributed by atoms with Crippen LogP contribution >= 0.6 is 15.9 Å². The Morgan fingerprint density at radius 2 is 1.83 bits per heavy atom. The van der Waals surface area contributed by atoms with Gasteiger partial charge in [-0.1, -0.05) is 6.07 Å². The van der Waals surface area contributed by atoms with Crippen molar-refractivity contribution in [3.8, 4) is 11.5 Å². The quantitative estimate of drug-likeness (QED) is 0.941. The molecule has 3 nitrogen and oxygen atoms in total. The summed E-state index contributed by atoms with van der Waals surface area (Å²) >= 11 is 3.44. The molecule has 0 spiro atoms. The molecule has 0 bridgehead atoms. The first-order chi connectivity index (χ1) is 8.56. The standard InChI is InChI=1S/C14H12BrNO2/c1-9-2-7-13(12(15)8-9)18-11-5-3-10(4-6-11)14(16)17/h2-8H,1H3,(H2,16,17). The van der Waals surface area contributed by atoms with E-state index in [0.717, 1.165) is 15.8 Å². The summed E-state index contributed by atoms with van der Waals surface area (Å²) in [4.78, 5) is 10.9. The molecule has 2 aromatic rings. The van der Waals surface area contributed by atoms with E-state index in [1.807, 2.05) is 25.1 Å². The molecule has 0 aliphatic rings. The van der Waals surface area contributed by atoms with Gasteiger partial charge in [-0.05, 0) is 64.8 Å². The summed E-state index contributed by atoms with van der Waals surface area (Å²) in [6.07, 6.45) is 0. The van der Waals surface area contributed by atoms with Crippen molar-refractivity contribution in [2.24, 2.45) is 5.73 Å². The van der Waals surface area contributed by atoms with E-state index >= 15 is 0 Å². The summed E-state index contributed by atoms with van der Waals surface area (Å²) in [6.45, 7) is 2.01. The summed E-state index contributed by atoms with van der Waals surface area (Å²) in [5, 5.41) is 0. The maximum absolute atomic E-state index is 10.9. The zero-order valence-corrected chi connectivity index (χ0v) is 11.4. The van der Waals surface area contributed by atoms with Crippen LogP contribution in [0.3, 0.4) is 0 Å². The number of carbonyl (C=O) groups excluding carboxylic acids is 1. The molecule has 0 heterocycles. The topological polar surface area (TPSA) is 52.3 Å². The third-order valence-electron chi connectivity index (χ3n) is 2.45. The molecule has 2 N–H and O–H groups in total. The monoisotopic (exact) mass is 305 g/mol. The van der Waals surface area contributed by atoms with E-state index in [1.165, 1.54) is 0 Å². The summed E-state index contributed by atoms with van der Waals surface area (Å²) in [5.74, 6) is 0.940. The van der Waals surface area contributed by atoms with E-state index in [4.69, 9.17) is 10.5 Å². The second-order valence-electron chi connectivity index (χ2n) is 3.92. The normalized spacial score (nSPS) is 10.1. The molecule has 2 rings (SSSR count). The van der Waals surface area contributed by atoms with E-state index in [1.54, 1.807) is 24.3 Å². The Balaban J connectivity index is 2.21. The van der Waals surface area contributed by atoms with Gasteiger partial charge in [0.15, 0.2) is 0 Å². The third-order valence-corrected chi connectivity index (χ3v) is 3.07. The second-order valence-corrected chi connectivity index (χ2v) is 4.78. The first-order valence-electron chi connectivity index (χ1n) is 5.40. The molecular weight excluding hydrogens is 294 g/mol. The minimum Gasteiger partial charge on any atom is -0.456 e. The van der Waals surface area contributed by atoms with Gasteiger partial charge < -0.3 is 10.5 Å². The van der Waals surface area contributed by atoms with Gasteiger partial charge in [-0.25, -0.2) is 0 Å². The highest BCUT2D eigenvalue weighted by molar-refractivity contribution is 9.10. The number of benzene rings is 2. The van der Waals surface area contributed by atoms with Crippen LogP contribution in [0.2, 0.25) is 0 Å². The number of carbonyl (C=O) groups is 1. The lowest BCUT2D eigenvalue weighted by Gasteiger charge is -2.08. The van der Waals surface area contributed by atoms with E-state index in [-0.39, 0.29) is 0 Å². The highest BCUT2D eigenvalue weighted by Crippen LogP contribution is 2.30. The Hall–Kier alpha value is -1.81. The number of ether oxygens (including phenoxy) is 1. The fraction of sp³-hybridized carbons (Fsp3) is 0.0714. The van der Waals surface area contributed by atoms with Gasteiger partial charge in [0.1, 0.15) is 11.5 Å². The van der Waals surface area contributed by atoms with Crippen LogP contribution < -0.4 is 10.5 Å². The van der Waals surface area contributed by atoms with E-state index < -0.39 is 5.91 Å². The minimum atomic E-state index is -0.446. The minimum absolute atomic E-state index is 0.446. The van der Waals surface area contributed by atoms with Crippen LogP contribution in [0.25, 0.3) is 0 Å². The zero-order chi connectivity index (χ0) is 13.1. The summed E-state index contributed by atoms with van der Waals surface area (Å²) < 4.78 is 6.59. The van der Waals surface area contributed by atoms with Crippen molar-refractivity contribution in [1.82, 2.24) is 0 Å². The van der Waals surface area contributed by atoms with E-state index in [0.29, 0.717) is 11.3 Å². The molecule has 0 radical (unpaired) electrons. The van der Waals surface area contributed by atoms with Crippen LogP contribution in [-0.4, -0.2) is 5.91 Å². The molecule has 0 atom stereocenters. The van der Waals surface area contributed by atoms with Crippen LogP contribution in [-0.2, 0) is 0 Å². The molecular formula is C14H12BrNO2. The molecule has 0 aliphatic heterocycles. The number of hydrogen-bond acceptors (Lipinski definition) is 2. The summed E-state index contributed by atoms with van der Waals surface area (Å²) in [6, 6.07) is 12.5. The number of primary amides is 1. The van der Waals surface area contributed by atoms with Crippen molar-refractivity contribution in [3.63, 3.8) is 0 Å². The van der Waals surface area contributed by atoms with Crippen molar-refractivity contribution < 1.29 is 9.53 Å². The van der Waals surface area contributed by atoms with E-state index in [2.05, 4.69) is 15.9 Å². The predicted octanol–water partition coefficient (Wildman–Crippen LogP) is 3.65. The SMILES string of the molecule is Cc1ccc(Oc2ccc(C(N)=O)cc2)c(Br)c1. The van der Waals surface area contributed by atoms with Gasteiger partial charge in [-0.15, -0.1) is 0 Å². The van der Waals surface area contributed by atoms with Crippen LogP contribution in [0.4, 0.5) is 0 Å². The Kier molecular flexibility index (Phi) is 3.67. The molecule has 0 aliphatic carbocycles. The molecule has 0 fully saturated rings. The second kappa shape index (κ2) is 5.23. The largest absolute Gasteiger partial charge is 0.456 e. The van der Waals surface area contributed by atoms with Crippen molar-refractivity contribution in [2.75, 3.05) is 0 Å². The molecule has 1 amide bonds. The molecule has 0 unspecified atom stereocenters. The van der Waals surface area contributed by atoms with Crippen LogP contribution in [0.5, 0.6) is 11.5 Å². The third kappa shape index (κ3) is 2.90. The van der Waals surface area contributed by atoms with Crippen LogP contribution in [0.1, 0.15) is 15.9 Å². The Morgan fingerprint density at radius 1 is 1.17 bits per heavy atom. The molecule has 0 saturated heterocycles. The molecule has 4 heteroatoms. The summed E-state index contributed by atoms with van der Waals surface area (Å²) in [7, 11) is 0. The average Bonchev–Trinajstić information content (AvgIpc) is 2.33. The summed E-state index contributed by atoms with van der Waals surface area (Å²) in [5.41, 5.74) is 6.78. The van der Waals surface area contributed by atoms with Crippen molar-refractivity contribution in [2.45, 2.75) is 6.92 Å². The number of aryl methyl sites for hydroxylation is 1. The van der Waals surface area contributed by atoms with Gasteiger partial charge in [0.2, 0.25) is 5.91 Å². The van der Waals surface area contributed by atoms with Crippen molar-refractivity contribution in [3.05, 3.63) is 58.1 Å². The highest BCUT2D eigenvalue weighted by atomic mass is 79.9. The Bertz CT molecular complexity index is 579. The highest BCUT2D eigenvalue weighted by Gasteiger charge is 2.04. The average molecular weight is 306 g/mol. The lowest BCUT2D eigenvalue weighted by molar-refractivity contribution is 0.100. The van der Waals surface area contributed by atoms with Gasteiger partial charge in [-0.3, -0.25) is 4.79 Å². The Morgan fingerprint density at radius 3 is 2.39 bits per heavy atom. The van der Waals surface area contributed by atoms with Crippen molar-refractivity contribution in [1.29, 1.82) is 0 Å². The molecule has 92 valence electrons. The first-order valence-corrected chi connectivity index (χ1v) is 6.19. The van der Waals surface area contributed by atoms with Gasteiger partial charge in [0.25, 0.3) is 0 Å². The lowest BCUT2D eigenvalue weighted by atomic mass is 10.2. The zero-order valence-electron chi connectivity index (χ0n) is 9.81. The molecule has 0 aromatic heterocycles. The number of halogens is 1. The molecule has 18 heavy (non-hydrogen) atoms. The van der Waals surface area contributed by atoms with E-state index in [9.17, 15) is 4.79 Å². The van der Waals surface area contributed by atoms with Gasteiger partial charge in [0.05, 0.1) is 4.47 Å². The van der Waals surface area contributed by atoms with Gasteiger partial charge in [-0.2, -0.15) is 0 Å². The predicted molar refractivity (Wildman–Crippen MR) is 73.9 cm³/mol. The Labute approximate surface area is 114 Å². The van der Waals surface area contributed by atoms with Crippen LogP contribution in [0, 0.1) is 6.92 Å².